The monoisotopic (exact) mass is 252 g/mol. The Hall–Kier alpha value is -0.560. The van der Waals surface area contributed by atoms with Crippen LogP contribution < -0.4 is 5.32 Å². The summed E-state index contributed by atoms with van der Waals surface area (Å²) < 4.78 is 30.0. The lowest BCUT2D eigenvalue weighted by Crippen LogP contribution is -2.46. The van der Waals surface area contributed by atoms with Crippen LogP contribution in [0.4, 0.5) is 0 Å². The predicted octanol–water partition coefficient (Wildman–Crippen LogP) is 0.295. The van der Waals surface area contributed by atoms with Crippen molar-refractivity contribution in [2.45, 2.75) is 5.09 Å². The molecule has 0 spiro atoms. The minimum Gasteiger partial charge on any atom is -0.452 e. The van der Waals surface area contributed by atoms with Gasteiger partial charge >= 0.3 is 0 Å². The number of sulfonamides is 1. The van der Waals surface area contributed by atoms with Crippen LogP contribution in [0.2, 0.25) is 0 Å². The number of furan rings is 1. The van der Waals surface area contributed by atoms with E-state index in [9.17, 15) is 8.42 Å². The maximum Gasteiger partial charge on any atom is 0.276 e. The van der Waals surface area contributed by atoms with E-state index in [1.807, 2.05) is 0 Å². The fourth-order valence-electron chi connectivity index (χ4n) is 1.42. The highest BCUT2D eigenvalue weighted by Gasteiger charge is 2.27. The molecule has 1 aromatic rings. The van der Waals surface area contributed by atoms with E-state index in [-0.39, 0.29) is 17.5 Å². The Morgan fingerprint density at radius 1 is 1.33 bits per heavy atom. The first kappa shape index (κ1) is 12.5. The Bertz CT molecular complexity index is 384. The van der Waals surface area contributed by atoms with Crippen molar-refractivity contribution in [3.8, 4) is 0 Å². The molecule has 1 aromatic heterocycles. The van der Waals surface area contributed by atoms with Gasteiger partial charge in [-0.25, -0.2) is 8.42 Å². The summed E-state index contributed by atoms with van der Waals surface area (Å²) in [6, 6.07) is 3.05. The lowest BCUT2D eigenvalue weighted by molar-refractivity contribution is 0.343. The number of hydrogen-bond acceptors (Lipinski definition) is 4. The van der Waals surface area contributed by atoms with E-state index < -0.39 is 10.0 Å². The van der Waals surface area contributed by atoms with Gasteiger partial charge in [0.15, 0.2) is 0 Å². The van der Waals surface area contributed by atoms with E-state index in [1.54, 1.807) is 6.07 Å². The van der Waals surface area contributed by atoms with Gasteiger partial charge in [0.05, 0.1) is 6.26 Å². The molecule has 1 aliphatic rings. The molecule has 0 atom stereocenters. The van der Waals surface area contributed by atoms with Gasteiger partial charge < -0.3 is 9.73 Å². The normalized spacial score (nSPS) is 18.4. The van der Waals surface area contributed by atoms with Crippen LogP contribution in [0.1, 0.15) is 0 Å². The molecule has 0 amide bonds. The zero-order valence-corrected chi connectivity index (χ0v) is 9.68. The van der Waals surface area contributed by atoms with Crippen molar-refractivity contribution in [1.29, 1.82) is 0 Å². The molecular formula is C8H13ClN2O3S. The highest BCUT2D eigenvalue weighted by molar-refractivity contribution is 7.89. The smallest absolute Gasteiger partial charge is 0.276 e. The molecule has 0 aromatic carbocycles. The summed E-state index contributed by atoms with van der Waals surface area (Å²) in [6.07, 6.45) is 1.37. The van der Waals surface area contributed by atoms with Crippen molar-refractivity contribution >= 4 is 22.4 Å². The molecule has 86 valence electrons. The minimum absolute atomic E-state index is 0. The largest absolute Gasteiger partial charge is 0.452 e. The summed E-state index contributed by atoms with van der Waals surface area (Å²) in [5.74, 6) is 0. The van der Waals surface area contributed by atoms with Crippen molar-refractivity contribution in [1.82, 2.24) is 9.62 Å². The van der Waals surface area contributed by atoms with Gasteiger partial charge in [-0.05, 0) is 12.1 Å². The summed E-state index contributed by atoms with van der Waals surface area (Å²) in [6.45, 7) is 2.39. The zero-order valence-electron chi connectivity index (χ0n) is 8.05. The fourth-order valence-corrected chi connectivity index (χ4v) is 2.77. The average Bonchev–Trinajstić information content (AvgIpc) is 2.72. The number of piperazine rings is 1. The second-order valence-corrected chi connectivity index (χ2v) is 4.96. The summed E-state index contributed by atoms with van der Waals surface area (Å²) >= 11 is 0. The Balaban J connectivity index is 0.00000112. The van der Waals surface area contributed by atoms with Gasteiger partial charge in [0, 0.05) is 26.2 Å². The SMILES string of the molecule is Cl.O=S(=O)(c1ccco1)N1CCNCC1. The molecule has 1 aliphatic heterocycles. The molecule has 0 aliphatic carbocycles. The molecule has 0 radical (unpaired) electrons. The van der Waals surface area contributed by atoms with Crippen LogP contribution >= 0.6 is 12.4 Å². The quantitative estimate of drug-likeness (QED) is 0.822. The highest BCUT2D eigenvalue weighted by Crippen LogP contribution is 2.15. The van der Waals surface area contributed by atoms with Crippen molar-refractivity contribution in [3.63, 3.8) is 0 Å². The molecular weight excluding hydrogens is 240 g/mol. The fraction of sp³-hybridized carbons (Fsp3) is 0.500. The average molecular weight is 253 g/mol. The van der Waals surface area contributed by atoms with Crippen LogP contribution in [0.25, 0.3) is 0 Å². The van der Waals surface area contributed by atoms with Crippen LogP contribution in [0.5, 0.6) is 0 Å². The third-order valence-corrected chi connectivity index (χ3v) is 3.95. The Morgan fingerprint density at radius 3 is 2.53 bits per heavy atom. The summed E-state index contributed by atoms with van der Waals surface area (Å²) in [5, 5.41) is 3.12. The van der Waals surface area contributed by atoms with Crippen LogP contribution in [0.15, 0.2) is 27.9 Å². The molecule has 1 saturated heterocycles. The molecule has 15 heavy (non-hydrogen) atoms. The van der Waals surface area contributed by atoms with Crippen molar-refractivity contribution in [3.05, 3.63) is 18.4 Å². The summed E-state index contributed by atoms with van der Waals surface area (Å²) in [7, 11) is -3.39. The zero-order chi connectivity index (χ0) is 10.0. The van der Waals surface area contributed by atoms with Gasteiger partial charge in [-0.3, -0.25) is 0 Å². The first-order valence-electron chi connectivity index (χ1n) is 4.45. The predicted molar refractivity (Wildman–Crippen MR) is 57.6 cm³/mol. The first-order chi connectivity index (χ1) is 6.71. The van der Waals surface area contributed by atoms with Gasteiger partial charge in [-0.2, -0.15) is 4.31 Å². The van der Waals surface area contributed by atoms with E-state index in [0.29, 0.717) is 26.2 Å². The van der Waals surface area contributed by atoms with Crippen LogP contribution in [-0.4, -0.2) is 38.9 Å². The number of nitrogens with one attached hydrogen (secondary N) is 1. The maximum atomic E-state index is 11.9. The Morgan fingerprint density at radius 2 is 2.00 bits per heavy atom. The van der Waals surface area contributed by atoms with E-state index >= 15 is 0 Å². The first-order valence-corrected chi connectivity index (χ1v) is 5.89. The molecule has 1 fully saturated rings. The van der Waals surface area contributed by atoms with E-state index in [0.717, 1.165) is 0 Å². The van der Waals surface area contributed by atoms with Crippen molar-refractivity contribution < 1.29 is 12.8 Å². The third kappa shape index (κ3) is 2.52. The standard InChI is InChI=1S/C8H12N2O3S.ClH/c11-14(12,8-2-1-7-13-8)10-5-3-9-4-6-10;/h1-2,7,9H,3-6H2;1H. The molecule has 0 saturated carbocycles. The second-order valence-electron chi connectivity index (χ2n) is 3.09. The van der Waals surface area contributed by atoms with Gasteiger partial charge in [-0.1, -0.05) is 0 Å². The lowest BCUT2D eigenvalue weighted by Gasteiger charge is -2.25. The molecule has 7 heteroatoms. The molecule has 2 heterocycles. The molecule has 1 N–H and O–H groups in total. The maximum absolute atomic E-state index is 11.9. The highest BCUT2D eigenvalue weighted by atomic mass is 35.5. The van der Waals surface area contributed by atoms with E-state index in [4.69, 9.17) is 4.42 Å². The lowest BCUT2D eigenvalue weighted by atomic mass is 10.4. The van der Waals surface area contributed by atoms with Gasteiger partial charge in [-0.15, -0.1) is 12.4 Å². The van der Waals surface area contributed by atoms with Gasteiger partial charge in [0.25, 0.3) is 10.0 Å². The van der Waals surface area contributed by atoms with Crippen molar-refractivity contribution in [2.75, 3.05) is 26.2 Å². The van der Waals surface area contributed by atoms with Crippen LogP contribution in [0, 0.1) is 0 Å². The van der Waals surface area contributed by atoms with Crippen LogP contribution in [0.3, 0.4) is 0 Å². The summed E-state index contributed by atoms with van der Waals surface area (Å²) in [4.78, 5) is 0. The third-order valence-electron chi connectivity index (χ3n) is 2.17. The number of nitrogens with zero attached hydrogens (tertiary/aromatic N) is 1. The van der Waals surface area contributed by atoms with Gasteiger partial charge in [0.2, 0.25) is 5.09 Å². The number of rotatable bonds is 2. The minimum atomic E-state index is -3.39. The van der Waals surface area contributed by atoms with Gasteiger partial charge in [0.1, 0.15) is 0 Å². The number of halogens is 1. The summed E-state index contributed by atoms with van der Waals surface area (Å²) in [5.41, 5.74) is 0. The second kappa shape index (κ2) is 4.98. The Kier molecular flexibility index (Phi) is 4.15. The molecule has 2 rings (SSSR count). The van der Waals surface area contributed by atoms with Crippen molar-refractivity contribution in [2.24, 2.45) is 0 Å². The molecule has 0 unspecified atom stereocenters. The molecule has 0 bridgehead atoms. The van der Waals surface area contributed by atoms with E-state index in [2.05, 4.69) is 5.32 Å². The Labute approximate surface area is 94.9 Å². The molecule has 5 nitrogen and oxygen atoms in total. The number of hydrogen-bond donors (Lipinski definition) is 1. The topological polar surface area (TPSA) is 62.6 Å². The van der Waals surface area contributed by atoms with Crippen LogP contribution in [-0.2, 0) is 10.0 Å². The van der Waals surface area contributed by atoms with E-state index in [1.165, 1.54) is 16.6 Å².